The molecule has 246 valence electrons. The van der Waals surface area contributed by atoms with Gasteiger partial charge in [-0.15, -0.1) is 0 Å². The van der Waals surface area contributed by atoms with E-state index in [1.807, 2.05) is 60.6 Å². The second-order valence-electron chi connectivity index (χ2n) is 13.0. The van der Waals surface area contributed by atoms with E-state index in [0.29, 0.717) is 37.8 Å². The first-order valence-electron chi connectivity index (χ1n) is 16.5. The van der Waals surface area contributed by atoms with Crippen LogP contribution in [0.5, 0.6) is 0 Å². The fourth-order valence-electron chi connectivity index (χ4n) is 7.30. The van der Waals surface area contributed by atoms with Crippen LogP contribution in [0.4, 0.5) is 22.2 Å². The first kappa shape index (κ1) is 31.1. The number of hydrogen-bond donors (Lipinski definition) is 3. The highest BCUT2D eigenvalue weighted by Gasteiger charge is 2.52. The van der Waals surface area contributed by atoms with Gasteiger partial charge in [0.05, 0.1) is 30.3 Å². The minimum absolute atomic E-state index is 0.00792. The molecule has 3 amide bonds. The van der Waals surface area contributed by atoms with E-state index in [9.17, 15) is 14.9 Å². The number of rotatable bonds is 8. The number of nitrogens with one attached hydrogen (secondary N) is 3. The number of urea groups is 1. The number of pyridine rings is 1. The van der Waals surface area contributed by atoms with E-state index in [1.165, 1.54) is 0 Å². The van der Waals surface area contributed by atoms with Gasteiger partial charge in [-0.2, -0.15) is 10.4 Å². The van der Waals surface area contributed by atoms with Gasteiger partial charge in [-0.05, 0) is 49.8 Å². The summed E-state index contributed by atoms with van der Waals surface area (Å²) in [5.74, 6) is 1.15. The zero-order valence-corrected chi connectivity index (χ0v) is 26.9. The second-order valence-corrected chi connectivity index (χ2v) is 13.0. The molecule has 2 saturated heterocycles. The number of aromatic nitrogens is 5. The van der Waals surface area contributed by atoms with Crippen molar-refractivity contribution < 1.29 is 9.59 Å². The van der Waals surface area contributed by atoms with E-state index in [2.05, 4.69) is 37.1 Å². The molecule has 3 aliphatic rings. The highest BCUT2D eigenvalue weighted by atomic mass is 16.2. The summed E-state index contributed by atoms with van der Waals surface area (Å²) in [6, 6.07) is 15.7. The maximum atomic E-state index is 13.7. The third-order valence-corrected chi connectivity index (χ3v) is 9.92. The first-order chi connectivity index (χ1) is 23.4. The van der Waals surface area contributed by atoms with Gasteiger partial charge in [-0.1, -0.05) is 30.3 Å². The molecular weight excluding hydrogens is 606 g/mol. The average molecular weight is 646 g/mol. The Labute approximate surface area is 279 Å². The monoisotopic (exact) mass is 645 g/mol. The molecule has 3 fully saturated rings. The van der Waals surface area contributed by atoms with E-state index in [-0.39, 0.29) is 29.4 Å². The van der Waals surface area contributed by atoms with Gasteiger partial charge in [0, 0.05) is 74.1 Å². The Bertz CT molecular complexity index is 1780. The van der Waals surface area contributed by atoms with Gasteiger partial charge in [-0.25, -0.2) is 19.7 Å². The molecule has 0 bridgehead atoms. The zero-order chi connectivity index (χ0) is 33.1. The highest BCUT2D eigenvalue weighted by Crippen LogP contribution is 2.43. The molecule has 1 aromatic carbocycles. The molecule has 2 atom stereocenters. The number of amides is 3. The van der Waals surface area contributed by atoms with Gasteiger partial charge in [0.2, 0.25) is 11.9 Å². The molecule has 3 aromatic heterocycles. The molecule has 7 rings (SSSR count). The van der Waals surface area contributed by atoms with Crippen LogP contribution in [-0.4, -0.2) is 67.9 Å². The van der Waals surface area contributed by atoms with Crippen molar-refractivity contribution in [3.63, 3.8) is 0 Å². The van der Waals surface area contributed by atoms with Crippen LogP contribution >= 0.6 is 0 Å². The quantitative estimate of drug-likeness (QED) is 0.258. The molecule has 2 aliphatic heterocycles. The number of aryl methyl sites for hydroxylation is 1. The lowest BCUT2D eigenvalue weighted by atomic mass is 9.80. The maximum Gasteiger partial charge on any atom is 0.323 e. The second kappa shape index (κ2) is 13.3. The molecule has 0 radical (unpaired) electrons. The van der Waals surface area contributed by atoms with Gasteiger partial charge in [0.25, 0.3) is 0 Å². The lowest BCUT2D eigenvalue weighted by Crippen LogP contribution is -2.49. The van der Waals surface area contributed by atoms with E-state index in [1.54, 1.807) is 34.4 Å². The van der Waals surface area contributed by atoms with E-state index in [4.69, 9.17) is 4.98 Å². The largest absolute Gasteiger partial charge is 0.355 e. The van der Waals surface area contributed by atoms with Crippen molar-refractivity contribution in [2.75, 3.05) is 28.2 Å². The standard InChI is InChI=1S/C35H39N11O2/c1-44-22-26(19-42-44)25-7-12-31(37-18-25)46(34(48)40-17-24-5-3-2-4-6-24)28-10-8-27(9-11-28)43-33-38-20-29(21-39-33)45-14-13-35(30(45)16-36)15-32(47)41-23-35/h2-7,12,18-22,27-28,30H,8-11,13-15,17,23H2,1H3,(H,40,48)(H,41,47)(H,38,39,43). The molecular formula is C35H39N11O2. The van der Waals surface area contributed by atoms with Crippen molar-refractivity contribution in [3.05, 3.63) is 79.0 Å². The van der Waals surface area contributed by atoms with Crippen LogP contribution in [0.25, 0.3) is 11.1 Å². The van der Waals surface area contributed by atoms with Crippen molar-refractivity contribution in [1.29, 1.82) is 5.26 Å². The Hall–Kier alpha value is -5.51. The molecule has 48 heavy (non-hydrogen) atoms. The maximum absolute atomic E-state index is 13.7. The number of benzene rings is 1. The topological polar surface area (TPSA) is 157 Å². The summed E-state index contributed by atoms with van der Waals surface area (Å²) in [5, 5.41) is 23.7. The number of anilines is 3. The summed E-state index contributed by atoms with van der Waals surface area (Å²) in [6.07, 6.45) is 13.4. The van der Waals surface area contributed by atoms with Crippen molar-refractivity contribution >= 4 is 29.4 Å². The Morgan fingerprint density at radius 2 is 1.83 bits per heavy atom. The Morgan fingerprint density at radius 1 is 1.04 bits per heavy atom. The SMILES string of the molecule is Cn1cc(-c2ccc(N(C(=O)NCc3ccccc3)C3CCC(Nc4ncc(N5CCC6(CNC(=O)C6)C5C#N)cn4)CC3)nc2)cn1. The smallest absolute Gasteiger partial charge is 0.323 e. The van der Waals surface area contributed by atoms with E-state index in [0.717, 1.165) is 54.5 Å². The summed E-state index contributed by atoms with van der Waals surface area (Å²) in [7, 11) is 1.88. The van der Waals surface area contributed by atoms with Crippen LogP contribution in [0, 0.1) is 16.7 Å². The summed E-state index contributed by atoms with van der Waals surface area (Å²) in [5.41, 5.74) is 3.36. The predicted octanol–water partition coefficient (Wildman–Crippen LogP) is 4.02. The van der Waals surface area contributed by atoms with Crippen LogP contribution in [0.15, 0.2) is 73.4 Å². The molecule has 1 saturated carbocycles. The molecule has 13 heteroatoms. The normalized spacial score (nSPS) is 23.5. The summed E-state index contributed by atoms with van der Waals surface area (Å²) in [6.45, 7) is 1.64. The van der Waals surface area contributed by atoms with Gasteiger partial charge < -0.3 is 20.9 Å². The Balaban J connectivity index is 0.999. The third-order valence-electron chi connectivity index (χ3n) is 9.92. The summed E-state index contributed by atoms with van der Waals surface area (Å²) >= 11 is 0. The average Bonchev–Trinajstić information content (AvgIpc) is 3.83. The van der Waals surface area contributed by atoms with Crippen molar-refractivity contribution in [3.8, 4) is 17.2 Å². The lowest BCUT2D eigenvalue weighted by molar-refractivity contribution is -0.119. The fraction of sp³-hybridized carbons (Fsp3) is 0.400. The molecule has 13 nitrogen and oxygen atoms in total. The molecule has 2 unspecified atom stereocenters. The van der Waals surface area contributed by atoms with Crippen molar-refractivity contribution in [2.45, 2.75) is 63.2 Å². The van der Waals surface area contributed by atoms with Gasteiger partial charge in [-0.3, -0.25) is 14.4 Å². The molecule has 3 N–H and O–H groups in total. The third kappa shape index (κ3) is 6.38. The Kier molecular flexibility index (Phi) is 8.63. The highest BCUT2D eigenvalue weighted by molar-refractivity contribution is 5.91. The molecule has 1 spiro atoms. The Morgan fingerprint density at radius 3 is 2.48 bits per heavy atom. The first-order valence-corrected chi connectivity index (χ1v) is 16.5. The number of carbonyl (C=O) groups is 2. The fourth-order valence-corrected chi connectivity index (χ4v) is 7.30. The number of hydrogen-bond acceptors (Lipinski definition) is 9. The van der Waals surface area contributed by atoms with Crippen LogP contribution in [0.3, 0.4) is 0 Å². The van der Waals surface area contributed by atoms with Crippen LogP contribution in [0.1, 0.15) is 44.1 Å². The summed E-state index contributed by atoms with van der Waals surface area (Å²) < 4.78 is 1.75. The van der Waals surface area contributed by atoms with E-state index >= 15 is 0 Å². The molecule has 5 heterocycles. The zero-order valence-electron chi connectivity index (χ0n) is 26.9. The van der Waals surface area contributed by atoms with Gasteiger partial charge in [0.15, 0.2) is 0 Å². The minimum atomic E-state index is -0.400. The summed E-state index contributed by atoms with van der Waals surface area (Å²) in [4.78, 5) is 43.4. The molecule has 1 aliphatic carbocycles. The predicted molar refractivity (Wildman–Crippen MR) is 181 cm³/mol. The number of nitriles is 1. The lowest BCUT2D eigenvalue weighted by Gasteiger charge is -2.36. The molecule has 4 aromatic rings. The van der Waals surface area contributed by atoms with E-state index < -0.39 is 6.04 Å². The van der Waals surface area contributed by atoms with Crippen LogP contribution in [-0.2, 0) is 18.4 Å². The minimum Gasteiger partial charge on any atom is -0.355 e. The van der Waals surface area contributed by atoms with Gasteiger partial charge in [0.1, 0.15) is 11.9 Å². The van der Waals surface area contributed by atoms with Crippen LogP contribution in [0.2, 0.25) is 0 Å². The van der Waals surface area contributed by atoms with Crippen LogP contribution < -0.4 is 25.8 Å². The van der Waals surface area contributed by atoms with Crippen molar-refractivity contribution in [2.24, 2.45) is 12.5 Å². The number of nitrogens with zero attached hydrogens (tertiary/aromatic N) is 8. The number of carbonyl (C=O) groups excluding carboxylic acids is 2. The van der Waals surface area contributed by atoms with Crippen molar-refractivity contribution in [1.82, 2.24) is 35.4 Å². The van der Waals surface area contributed by atoms with Gasteiger partial charge >= 0.3 is 6.03 Å².